The summed E-state index contributed by atoms with van der Waals surface area (Å²) in [6, 6.07) is 30.4. The standard InChI is InChI=1S/C33H29O5P/c1-35-27-14-5-3-10-23(27)25-12-7-13-26(24-11-4-6-15-28(24)36-2)33(25)39-31(29-16-8-18-37-29)20-22(34)21-32(39)30-17-9-19-38-30/h3-19,31-32H,20-21H2,1-2H3. The molecule has 5 nitrogen and oxygen atoms in total. The largest absolute Gasteiger partial charge is 0.496 e. The molecule has 196 valence electrons. The summed E-state index contributed by atoms with van der Waals surface area (Å²) in [6.45, 7) is 0. The van der Waals surface area contributed by atoms with Crippen LogP contribution in [0.15, 0.2) is 112 Å². The number of carbonyl (C=O) groups excluding carboxylic acids is 1. The van der Waals surface area contributed by atoms with Crippen molar-refractivity contribution in [1.29, 1.82) is 0 Å². The van der Waals surface area contributed by atoms with Gasteiger partial charge in [0.2, 0.25) is 0 Å². The van der Waals surface area contributed by atoms with Gasteiger partial charge in [0.1, 0.15) is 28.8 Å². The van der Waals surface area contributed by atoms with Crippen LogP contribution in [0.2, 0.25) is 0 Å². The Balaban J connectivity index is 1.69. The third kappa shape index (κ3) is 4.68. The highest BCUT2D eigenvalue weighted by molar-refractivity contribution is 7.67. The van der Waals surface area contributed by atoms with E-state index in [2.05, 4.69) is 30.3 Å². The van der Waals surface area contributed by atoms with E-state index >= 15 is 0 Å². The number of ether oxygens (including phenoxy) is 2. The van der Waals surface area contributed by atoms with Crippen LogP contribution in [0.3, 0.4) is 0 Å². The fourth-order valence-corrected chi connectivity index (χ4v) is 9.31. The third-order valence-electron chi connectivity index (χ3n) is 7.35. The van der Waals surface area contributed by atoms with Gasteiger partial charge in [-0.1, -0.05) is 62.5 Å². The zero-order valence-electron chi connectivity index (χ0n) is 21.9. The normalized spacial score (nSPS) is 19.1. The molecule has 6 rings (SSSR count). The van der Waals surface area contributed by atoms with Crippen molar-refractivity contribution < 1.29 is 23.1 Å². The van der Waals surface area contributed by atoms with Gasteiger partial charge >= 0.3 is 0 Å². The lowest BCUT2D eigenvalue weighted by Crippen LogP contribution is -2.25. The van der Waals surface area contributed by atoms with Crippen LogP contribution in [0, 0.1) is 0 Å². The molecule has 0 radical (unpaired) electrons. The minimum Gasteiger partial charge on any atom is -0.496 e. The smallest absolute Gasteiger partial charge is 0.135 e. The van der Waals surface area contributed by atoms with Crippen molar-refractivity contribution in [3.05, 3.63) is 115 Å². The maximum atomic E-state index is 13.2. The van der Waals surface area contributed by atoms with Crippen molar-refractivity contribution >= 4 is 19.0 Å². The monoisotopic (exact) mass is 536 g/mol. The molecule has 39 heavy (non-hydrogen) atoms. The summed E-state index contributed by atoms with van der Waals surface area (Å²) in [5, 5.41) is 1.18. The molecule has 2 aromatic heterocycles. The highest BCUT2D eigenvalue weighted by Crippen LogP contribution is 2.68. The Bertz CT molecular complexity index is 1460. The maximum absolute atomic E-state index is 13.2. The van der Waals surface area contributed by atoms with Crippen LogP contribution < -0.4 is 14.8 Å². The van der Waals surface area contributed by atoms with Gasteiger partial charge in [-0.2, -0.15) is 0 Å². The summed E-state index contributed by atoms with van der Waals surface area (Å²) in [5.74, 6) is 3.45. The van der Waals surface area contributed by atoms with E-state index in [-0.39, 0.29) is 17.1 Å². The van der Waals surface area contributed by atoms with Crippen molar-refractivity contribution in [3.63, 3.8) is 0 Å². The Hall–Kier alpha value is -4.08. The molecular formula is C33H29O5P. The van der Waals surface area contributed by atoms with Gasteiger partial charge in [0.05, 0.1) is 26.7 Å². The van der Waals surface area contributed by atoms with Gasteiger partial charge in [0.15, 0.2) is 0 Å². The number of hydrogen-bond donors (Lipinski definition) is 0. The van der Waals surface area contributed by atoms with Crippen LogP contribution in [0.5, 0.6) is 11.5 Å². The minimum absolute atomic E-state index is 0.115. The summed E-state index contributed by atoms with van der Waals surface area (Å²) in [5.41, 5.74) is 3.92. The number of ketones is 1. The zero-order chi connectivity index (χ0) is 26.8. The van der Waals surface area contributed by atoms with E-state index in [1.165, 1.54) is 5.30 Å². The fourth-order valence-electron chi connectivity index (χ4n) is 5.67. The average molecular weight is 537 g/mol. The highest BCUT2D eigenvalue weighted by atomic mass is 31.1. The first kappa shape index (κ1) is 25.2. The van der Waals surface area contributed by atoms with Crippen molar-refractivity contribution in [2.45, 2.75) is 24.2 Å². The van der Waals surface area contributed by atoms with Gasteiger partial charge < -0.3 is 18.3 Å². The number of hydrogen-bond acceptors (Lipinski definition) is 5. The molecule has 2 unspecified atom stereocenters. The second kappa shape index (κ2) is 11.0. The lowest BCUT2D eigenvalue weighted by Gasteiger charge is -2.39. The van der Waals surface area contributed by atoms with Crippen molar-refractivity contribution in [2.24, 2.45) is 0 Å². The molecule has 3 heterocycles. The number of carbonyl (C=O) groups is 1. The van der Waals surface area contributed by atoms with Crippen molar-refractivity contribution in [3.8, 4) is 33.8 Å². The van der Waals surface area contributed by atoms with Crippen LogP contribution in [0.1, 0.15) is 35.7 Å². The Morgan fingerprint density at radius 2 is 1.08 bits per heavy atom. The number of rotatable bonds is 7. The Kier molecular flexibility index (Phi) is 7.08. The molecule has 0 aliphatic carbocycles. The number of methoxy groups -OCH3 is 2. The van der Waals surface area contributed by atoms with Crippen LogP contribution in [0.4, 0.5) is 0 Å². The van der Waals surface area contributed by atoms with Gasteiger partial charge in [-0.3, -0.25) is 4.79 Å². The summed E-state index contributed by atoms with van der Waals surface area (Å²) in [6.07, 6.45) is 4.22. The van der Waals surface area contributed by atoms with Crippen LogP contribution in [-0.4, -0.2) is 20.0 Å². The fraction of sp³-hybridized carbons (Fsp3) is 0.182. The molecule has 5 aromatic rings. The van der Waals surface area contributed by atoms with E-state index < -0.39 is 7.92 Å². The van der Waals surface area contributed by atoms with E-state index in [9.17, 15) is 4.79 Å². The molecule has 0 bridgehead atoms. The van der Waals surface area contributed by atoms with Crippen LogP contribution in [-0.2, 0) is 4.79 Å². The van der Waals surface area contributed by atoms with Gasteiger partial charge in [-0.25, -0.2) is 0 Å². The molecule has 2 atom stereocenters. The lowest BCUT2D eigenvalue weighted by atomic mass is 9.97. The lowest BCUT2D eigenvalue weighted by molar-refractivity contribution is -0.119. The number of benzene rings is 3. The molecule has 1 aliphatic rings. The molecule has 1 aliphatic heterocycles. The van der Waals surface area contributed by atoms with Crippen LogP contribution in [0.25, 0.3) is 22.3 Å². The summed E-state index contributed by atoms with van der Waals surface area (Å²) < 4.78 is 23.7. The second-order valence-corrected chi connectivity index (χ2v) is 12.0. The van der Waals surface area contributed by atoms with Gasteiger partial charge in [-0.15, -0.1) is 0 Å². The van der Waals surface area contributed by atoms with Gasteiger partial charge in [-0.05, 0) is 52.8 Å². The Morgan fingerprint density at radius 1 is 0.615 bits per heavy atom. The highest BCUT2D eigenvalue weighted by Gasteiger charge is 2.44. The van der Waals surface area contributed by atoms with E-state index in [1.807, 2.05) is 60.7 Å². The minimum atomic E-state index is -1.06. The molecule has 1 fully saturated rings. The molecule has 0 saturated carbocycles. The maximum Gasteiger partial charge on any atom is 0.135 e. The molecule has 0 spiro atoms. The first-order valence-electron chi connectivity index (χ1n) is 13.0. The molecule has 0 amide bonds. The summed E-state index contributed by atoms with van der Waals surface area (Å²) >= 11 is 0. The van der Waals surface area contributed by atoms with Crippen molar-refractivity contribution in [2.75, 3.05) is 14.2 Å². The van der Waals surface area contributed by atoms with Crippen LogP contribution >= 0.6 is 7.92 Å². The predicted molar refractivity (Wildman–Crippen MR) is 154 cm³/mol. The Labute approximate surface area is 229 Å². The second-order valence-electron chi connectivity index (χ2n) is 9.52. The first-order chi connectivity index (χ1) is 19.2. The zero-order valence-corrected chi connectivity index (χ0v) is 22.8. The average Bonchev–Trinajstić information content (AvgIpc) is 3.72. The third-order valence-corrected chi connectivity index (χ3v) is 10.6. The van der Waals surface area contributed by atoms with E-state index in [0.717, 1.165) is 45.3 Å². The van der Waals surface area contributed by atoms with E-state index in [4.69, 9.17) is 18.3 Å². The predicted octanol–water partition coefficient (Wildman–Crippen LogP) is 8.18. The molecular weight excluding hydrogens is 507 g/mol. The topological polar surface area (TPSA) is 61.8 Å². The van der Waals surface area contributed by atoms with E-state index in [0.29, 0.717) is 12.8 Å². The van der Waals surface area contributed by atoms with Gasteiger partial charge in [0, 0.05) is 35.3 Å². The number of Topliss-reactive ketones (excluding diaryl/α,β-unsaturated/α-hetero) is 1. The van der Waals surface area contributed by atoms with Gasteiger partial charge in [0.25, 0.3) is 0 Å². The molecule has 6 heteroatoms. The Morgan fingerprint density at radius 3 is 1.51 bits per heavy atom. The number of para-hydroxylation sites is 2. The molecule has 0 N–H and O–H groups in total. The molecule has 1 saturated heterocycles. The first-order valence-corrected chi connectivity index (χ1v) is 14.4. The quantitative estimate of drug-likeness (QED) is 0.196. The van der Waals surface area contributed by atoms with E-state index in [1.54, 1.807) is 26.7 Å². The summed E-state index contributed by atoms with van der Waals surface area (Å²) in [4.78, 5) is 13.2. The SMILES string of the molecule is COc1ccccc1-c1cccc(-c2ccccc2OC)c1P1C(c2ccco2)CC(=O)CC1c1ccco1. The number of furan rings is 2. The molecule has 3 aromatic carbocycles. The van der Waals surface area contributed by atoms with Crippen molar-refractivity contribution in [1.82, 2.24) is 0 Å². The summed E-state index contributed by atoms with van der Waals surface area (Å²) in [7, 11) is 2.33.